The number of nitrogens with zero attached hydrogens (tertiary/aromatic N) is 1. The molecule has 0 amide bonds. The summed E-state index contributed by atoms with van der Waals surface area (Å²) in [4.78, 5) is 3.38. The van der Waals surface area contributed by atoms with Gasteiger partial charge in [0.2, 0.25) is 0 Å². The Morgan fingerprint density at radius 3 is 2.50 bits per heavy atom. The highest BCUT2D eigenvalue weighted by Crippen LogP contribution is 2.27. The van der Waals surface area contributed by atoms with Gasteiger partial charge in [0.15, 0.2) is 0 Å². The predicted molar refractivity (Wildman–Crippen MR) is 57.2 cm³/mol. The molecule has 1 rings (SSSR count). The van der Waals surface area contributed by atoms with E-state index in [-0.39, 0.29) is 6.04 Å². The van der Waals surface area contributed by atoms with Gasteiger partial charge in [-0.15, -0.1) is 0 Å². The highest BCUT2D eigenvalue weighted by atomic mass is 19.4. The normalized spacial score (nSPS) is 13.6. The van der Waals surface area contributed by atoms with Gasteiger partial charge in [-0.2, -0.15) is 13.2 Å². The zero-order chi connectivity index (χ0) is 12.2. The Bertz CT molecular complexity index is 319. The van der Waals surface area contributed by atoms with Gasteiger partial charge in [0, 0.05) is 6.04 Å². The molecule has 0 aliphatic heterocycles. The fraction of sp³-hybridized carbons (Fsp3) is 0.545. The van der Waals surface area contributed by atoms with Crippen molar-refractivity contribution in [2.24, 2.45) is 0 Å². The number of pyridine rings is 1. The van der Waals surface area contributed by atoms with E-state index in [1.165, 1.54) is 12.3 Å². The van der Waals surface area contributed by atoms with Crippen LogP contribution in [0.1, 0.15) is 32.4 Å². The van der Waals surface area contributed by atoms with Crippen LogP contribution >= 0.6 is 0 Å². The summed E-state index contributed by atoms with van der Waals surface area (Å²) >= 11 is 0. The monoisotopic (exact) mass is 232 g/mol. The second-order valence-corrected chi connectivity index (χ2v) is 3.76. The fourth-order valence-electron chi connectivity index (χ4n) is 1.44. The third kappa shape index (κ3) is 3.72. The molecule has 90 valence electrons. The molecule has 1 unspecified atom stereocenters. The van der Waals surface area contributed by atoms with Crippen LogP contribution in [0.4, 0.5) is 18.9 Å². The summed E-state index contributed by atoms with van der Waals surface area (Å²) in [7, 11) is 0. The zero-order valence-corrected chi connectivity index (χ0v) is 9.30. The van der Waals surface area contributed by atoms with Crippen LogP contribution in [0.25, 0.3) is 0 Å². The van der Waals surface area contributed by atoms with E-state index in [1.54, 1.807) is 0 Å². The molecule has 0 aromatic carbocycles. The van der Waals surface area contributed by atoms with Crippen molar-refractivity contribution in [3.8, 4) is 0 Å². The lowest BCUT2D eigenvalue weighted by molar-refractivity contribution is -0.141. The Morgan fingerprint density at radius 2 is 2.06 bits per heavy atom. The first-order valence-electron chi connectivity index (χ1n) is 5.23. The summed E-state index contributed by atoms with van der Waals surface area (Å²) < 4.78 is 36.7. The molecule has 1 heterocycles. The van der Waals surface area contributed by atoms with E-state index in [2.05, 4.69) is 17.2 Å². The number of rotatable bonds is 4. The van der Waals surface area contributed by atoms with E-state index in [0.29, 0.717) is 5.69 Å². The topological polar surface area (TPSA) is 24.9 Å². The summed E-state index contributed by atoms with van der Waals surface area (Å²) in [5.41, 5.74) is -0.241. The predicted octanol–water partition coefficient (Wildman–Crippen LogP) is 3.70. The van der Waals surface area contributed by atoms with E-state index in [0.717, 1.165) is 18.9 Å². The molecular weight excluding hydrogens is 217 g/mol. The maximum absolute atomic E-state index is 12.2. The van der Waals surface area contributed by atoms with Crippen LogP contribution in [0.15, 0.2) is 18.3 Å². The van der Waals surface area contributed by atoms with Crippen molar-refractivity contribution in [3.63, 3.8) is 0 Å². The highest BCUT2D eigenvalue weighted by Gasteiger charge is 2.31. The maximum Gasteiger partial charge on any atom is 0.433 e. The van der Waals surface area contributed by atoms with Gasteiger partial charge in [-0.1, -0.05) is 13.3 Å². The van der Waals surface area contributed by atoms with E-state index in [9.17, 15) is 13.2 Å². The lowest BCUT2D eigenvalue weighted by atomic mass is 10.2. The van der Waals surface area contributed by atoms with Crippen molar-refractivity contribution >= 4 is 5.69 Å². The van der Waals surface area contributed by atoms with Crippen molar-refractivity contribution in [1.82, 2.24) is 4.98 Å². The van der Waals surface area contributed by atoms with Gasteiger partial charge < -0.3 is 5.32 Å². The Balaban J connectivity index is 2.65. The minimum Gasteiger partial charge on any atom is -0.381 e. The minimum absolute atomic E-state index is 0.239. The molecule has 0 bridgehead atoms. The van der Waals surface area contributed by atoms with Gasteiger partial charge >= 0.3 is 6.18 Å². The molecule has 1 atom stereocenters. The van der Waals surface area contributed by atoms with Crippen molar-refractivity contribution in [2.75, 3.05) is 5.32 Å². The van der Waals surface area contributed by atoms with E-state index < -0.39 is 11.9 Å². The Kier molecular flexibility index (Phi) is 4.15. The Labute approximate surface area is 92.9 Å². The molecule has 2 nitrogen and oxygen atoms in total. The first kappa shape index (κ1) is 12.8. The zero-order valence-electron chi connectivity index (χ0n) is 9.30. The SMILES string of the molecule is CCCC(C)Nc1ccc(C(F)(F)F)nc1. The quantitative estimate of drug-likeness (QED) is 0.856. The van der Waals surface area contributed by atoms with Crippen molar-refractivity contribution in [1.29, 1.82) is 0 Å². The highest BCUT2D eigenvalue weighted by molar-refractivity contribution is 5.42. The second kappa shape index (κ2) is 5.18. The molecule has 1 N–H and O–H groups in total. The number of aromatic nitrogens is 1. The molecule has 0 spiro atoms. The number of halogens is 3. The molecule has 0 aliphatic rings. The van der Waals surface area contributed by atoms with Crippen LogP contribution < -0.4 is 5.32 Å². The van der Waals surface area contributed by atoms with Crippen molar-refractivity contribution in [2.45, 2.75) is 38.9 Å². The van der Waals surface area contributed by atoms with Gasteiger partial charge in [0.25, 0.3) is 0 Å². The van der Waals surface area contributed by atoms with Crippen molar-refractivity contribution in [3.05, 3.63) is 24.0 Å². The lowest BCUT2D eigenvalue weighted by Gasteiger charge is -2.14. The molecule has 0 radical (unpaired) electrons. The smallest absolute Gasteiger partial charge is 0.381 e. The molecule has 16 heavy (non-hydrogen) atoms. The molecule has 0 aliphatic carbocycles. The molecule has 5 heteroatoms. The lowest BCUT2D eigenvalue weighted by Crippen LogP contribution is -2.15. The number of hydrogen-bond acceptors (Lipinski definition) is 2. The van der Waals surface area contributed by atoms with Gasteiger partial charge in [0.1, 0.15) is 5.69 Å². The Morgan fingerprint density at radius 1 is 1.38 bits per heavy atom. The van der Waals surface area contributed by atoms with E-state index in [1.807, 2.05) is 6.92 Å². The van der Waals surface area contributed by atoms with Gasteiger partial charge in [-0.3, -0.25) is 0 Å². The summed E-state index contributed by atoms with van der Waals surface area (Å²) in [5.74, 6) is 0. The number of anilines is 1. The molecular formula is C11H15F3N2. The average molecular weight is 232 g/mol. The average Bonchev–Trinajstić information content (AvgIpc) is 2.17. The second-order valence-electron chi connectivity index (χ2n) is 3.76. The summed E-state index contributed by atoms with van der Waals surface area (Å²) in [6.07, 6.45) is -1.15. The van der Waals surface area contributed by atoms with Gasteiger partial charge in [-0.05, 0) is 25.5 Å². The fourth-order valence-corrected chi connectivity index (χ4v) is 1.44. The summed E-state index contributed by atoms with van der Waals surface area (Å²) in [5, 5.41) is 3.09. The summed E-state index contributed by atoms with van der Waals surface area (Å²) in [6, 6.07) is 2.63. The van der Waals surface area contributed by atoms with Crippen LogP contribution in [0.2, 0.25) is 0 Å². The number of hydrogen-bond donors (Lipinski definition) is 1. The Hall–Kier alpha value is -1.26. The first-order chi connectivity index (χ1) is 7.43. The maximum atomic E-state index is 12.2. The molecule has 0 fully saturated rings. The van der Waals surface area contributed by atoms with E-state index >= 15 is 0 Å². The number of alkyl halides is 3. The minimum atomic E-state index is -4.37. The summed E-state index contributed by atoms with van der Waals surface area (Å²) in [6.45, 7) is 4.05. The van der Waals surface area contributed by atoms with Crippen LogP contribution in [0.5, 0.6) is 0 Å². The molecule has 0 saturated heterocycles. The van der Waals surface area contributed by atoms with Crippen LogP contribution in [-0.4, -0.2) is 11.0 Å². The van der Waals surface area contributed by atoms with Gasteiger partial charge in [0.05, 0.1) is 11.9 Å². The third-order valence-corrected chi connectivity index (χ3v) is 2.19. The first-order valence-corrected chi connectivity index (χ1v) is 5.23. The van der Waals surface area contributed by atoms with Crippen LogP contribution in [0, 0.1) is 0 Å². The van der Waals surface area contributed by atoms with Crippen LogP contribution in [0.3, 0.4) is 0 Å². The molecule has 0 saturated carbocycles. The van der Waals surface area contributed by atoms with E-state index in [4.69, 9.17) is 0 Å². The van der Waals surface area contributed by atoms with Gasteiger partial charge in [-0.25, -0.2) is 4.98 Å². The molecule has 1 aromatic heterocycles. The largest absolute Gasteiger partial charge is 0.433 e. The standard InChI is InChI=1S/C11H15F3N2/c1-3-4-8(2)16-9-5-6-10(15-7-9)11(12,13)14/h5-8,16H,3-4H2,1-2H3. The number of nitrogens with one attached hydrogen (secondary N) is 1. The third-order valence-electron chi connectivity index (χ3n) is 2.19. The molecule has 1 aromatic rings. The van der Waals surface area contributed by atoms with Crippen molar-refractivity contribution < 1.29 is 13.2 Å². The van der Waals surface area contributed by atoms with Crippen LogP contribution in [-0.2, 0) is 6.18 Å².